The van der Waals surface area contributed by atoms with Gasteiger partial charge in [0.05, 0.1) is 5.02 Å². The highest BCUT2D eigenvalue weighted by Crippen LogP contribution is 2.27. The van der Waals surface area contributed by atoms with Gasteiger partial charge in [0, 0.05) is 17.1 Å². The minimum Gasteiger partial charge on any atom is -0.491 e. The van der Waals surface area contributed by atoms with Crippen molar-refractivity contribution in [3.05, 3.63) is 27.7 Å². The summed E-state index contributed by atoms with van der Waals surface area (Å²) in [6.45, 7) is 5.78. The predicted octanol–water partition coefficient (Wildman–Crippen LogP) is 3.87. The molecule has 1 atom stereocenters. The van der Waals surface area contributed by atoms with Gasteiger partial charge in [-0.2, -0.15) is 0 Å². The fourth-order valence-electron chi connectivity index (χ4n) is 1.20. The molecule has 0 amide bonds. The molecule has 1 rings (SSSR count). The third kappa shape index (κ3) is 4.73. The lowest BCUT2D eigenvalue weighted by Gasteiger charge is -2.12. The number of hydrogen-bond donors (Lipinski definition) is 1. The molecule has 0 aliphatic rings. The Labute approximate surface area is 110 Å². The summed E-state index contributed by atoms with van der Waals surface area (Å²) < 4.78 is 6.53. The van der Waals surface area contributed by atoms with Gasteiger partial charge in [-0.15, -0.1) is 0 Å². The summed E-state index contributed by atoms with van der Waals surface area (Å²) in [5.41, 5.74) is 0. The van der Waals surface area contributed by atoms with Crippen LogP contribution in [-0.4, -0.2) is 19.2 Å². The van der Waals surface area contributed by atoms with Crippen LogP contribution in [0, 0.1) is 0 Å². The standard InChI is InChI=1S/C12H17BrClNO/c1-3-9(2)15-6-7-16-12-5-4-10(13)8-11(12)14/h4-5,8-9,15H,3,6-7H2,1-2H3/t9-/m0/s1. The number of hydrogen-bond acceptors (Lipinski definition) is 2. The second kappa shape index (κ2) is 7.15. The Morgan fingerprint density at radius 1 is 1.50 bits per heavy atom. The molecule has 0 heterocycles. The maximum Gasteiger partial charge on any atom is 0.138 e. The highest BCUT2D eigenvalue weighted by Gasteiger charge is 2.02. The van der Waals surface area contributed by atoms with Gasteiger partial charge in [0.15, 0.2) is 0 Å². The minimum atomic E-state index is 0.531. The monoisotopic (exact) mass is 305 g/mol. The number of halogens is 2. The summed E-state index contributed by atoms with van der Waals surface area (Å²) in [6.07, 6.45) is 1.12. The molecular formula is C12H17BrClNO. The second-order valence-electron chi connectivity index (χ2n) is 3.69. The average Bonchev–Trinajstić information content (AvgIpc) is 2.26. The minimum absolute atomic E-state index is 0.531. The Morgan fingerprint density at radius 3 is 2.88 bits per heavy atom. The molecule has 0 aromatic heterocycles. The van der Waals surface area contributed by atoms with Crippen LogP contribution in [0.25, 0.3) is 0 Å². The van der Waals surface area contributed by atoms with Crippen LogP contribution in [0.4, 0.5) is 0 Å². The van der Waals surface area contributed by atoms with Crippen molar-refractivity contribution >= 4 is 27.5 Å². The fraction of sp³-hybridized carbons (Fsp3) is 0.500. The molecule has 1 aromatic rings. The Balaban J connectivity index is 2.32. The summed E-state index contributed by atoms with van der Waals surface area (Å²) in [4.78, 5) is 0. The van der Waals surface area contributed by atoms with Gasteiger partial charge >= 0.3 is 0 Å². The largest absolute Gasteiger partial charge is 0.491 e. The molecule has 0 unspecified atom stereocenters. The highest BCUT2D eigenvalue weighted by molar-refractivity contribution is 9.10. The lowest BCUT2D eigenvalue weighted by Crippen LogP contribution is -2.29. The second-order valence-corrected chi connectivity index (χ2v) is 5.01. The molecule has 0 spiro atoms. The number of benzene rings is 1. The van der Waals surface area contributed by atoms with Crippen LogP contribution in [0.5, 0.6) is 5.75 Å². The van der Waals surface area contributed by atoms with Crippen molar-refractivity contribution in [1.82, 2.24) is 5.32 Å². The Morgan fingerprint density at radius 2 is 2.25 bits per heavy atom. The Kier molecular flexibility index (Phi) is 6.17. The molecule has 0 aliphatic heterocycles. The van der Waals surface area contributed by atoms with Crippen LogP contribution >= 0.6 is 27.5 Å². The first-order valence-corrected chi connectivity index (χ1v) is 6.61. The van der Waals surface area contributed by atoms with Gasteiger partial charge in [-0.1, -0.05) is 34.5 Å². The van der Waals surface area contributed by atoms with Crippen LogP contribution in [0.1, 0.15) is 20.3 Å². The van der Waals surface area contributed by atoms with Crippen LogP contribution < -0.4 is 10.1 Å². The molecule has 16 heavy (non-hydrogen) atoms. The lowest BCUT2D eigenvalue weighted by atomic mass is 10.3. The summed E-state index contributed by atoms with van der Waals surface area (Å²) >= 11 is 9.38. The molecule has 4 heteroatoms. The normalized spacial score (nSPS) is 12.5. The van der Waals surface area contributed by atoms with Gasteiger partial charge in [-0.3, -0.25) is 0 Å². The molecule has 0 saturated heterocycles. The maximum atomic E-state index is 6.02. The van der Waals surface area contributed by atoms with E-state index >= 15 is 0 Å². The third-order valence-corrected chi connectivity index (χ3v) is 3.15. The van der Waals surface area contributed by atoms with Gasteiger partial charge in [-0.05, 0) is 31.5 Å². The average molecular weight is 307 g/mol. The van der Waals surface area contributed by atoms with Crippen molar-refractivity contribution < 1.29 is 4.74 Å². The van der Waals surface area contributed by atoms with E-state index in [9.17, 15) is 0 Å². The molecule has 2 nitrogen and oxygen atoms in total. The Bertz CT molecular complexity index is 333. The van der Waals surface area contributed by atoms with E-state index in [4.69, 9.17) is 16.3 Å². The van der Waals surface area contributed by atoms with Crippen molar-refractivity contribution in [2.45, 2.75) is 26.3 Å². The van der Waals surface area contributed by atoms with Gasteiger partial charge in [0.2, 0.25) is 0 Å². The zero-order valence-corrected chi connectivity index (χ0v) is 11.9. The van der Waals surface area contributed by atoms with E-state index in [0.29, 0.717) is 17.7 Å². The summed E-state index contributed by atoms with van der Waals surface area (Å²) in [7, 11) is 0. The topological polar surface area (TPSA) is 21.3 Å². The molecule has 1 aromatic carbocycles. The van der Waals surface area contributed by atoms with Crippen LogP contribution in [0.3, 0.4) is 0 Å². The number of ether oxygens (including phenoxy) is 1. The van der Waals surface area contributed by atoms with E-state index < -0.39 is 0 Å². The van der Waals surface area contributed by atoms with Crippen LogP contribution in [-0.2, 0) is 0 Å². The van der Waals surface area contributed by atoms with Crippen molar-refractivity contribution in [2.24, 2.45) is 0 Å². The third-order valence-electron chi connectivity index (χ3n) is 2.36. The van der Waals surface area contributed by atoms with E-state index in [-0.39, 0.29) is 0 Å². The summed E-state index contributed by atoms with van der Waals surface area (Å²) in [5, 5.41) is 3.99. The smallest absolute Gasteiger partial charge is 0.138 e. The van der Waals surface area contributed by atoms with E-state index in [1.54, 1.807) is 0 Å². The van der Waals surface area contributed by atoms with Gasteiger partial charge in [-0.25, -0.2) is 0 Å². The van der Waals surface area contributed by atoms with Crippen molar-refractivity contribution in [3.8, 4) is 5.75 Å². The van der Waals surface area contributed by atoms with E-state index in [1.807, 2.05) is 18.2 Å². The SMILES string of the molecule is CC[C@H](C)NCCOc1ccc(Br)cc1Cl. The molecule has 90 valence electrons. The fourth-order valence-corrected chi connectivity index (χ4v) is 1.93. The molecule has 1 N–H and O–H groups in total. The first kappa shape index (κ1) is 13.8. The molecule has 0 radical (unpaired) electrons. The van der Waals surface area contributed by atoms with Crippen LogP contribution in [0.15, 0.2) is 22.7 Å². The van der Waals surface area contributed by atoms with Gasteiger partial charge in [0.1, 0.15) is 12.4 Å². The molecule has 0 aliphatic carbocycles. The number of rotatable bonds is 6. The van der Waals surface area contributed by atoms with E-state index in [1.165, 1.54) is 0 Å². The summed E-state index contributed by atoms with van der Waals surface area (Å²) in [6, 6.07) is 6.15. The molecule has 0 saturated carbocycles. The number of nitrogens with one attached hydrogen (secondary N) is 1. The quantitative estimate of drug-likeness (QED) is 0.806. The van der Waals surface area contributed by atoms with Gasteiger partial charge < -0.3 is 10.1 Å². The van der Waals surface area contributed by atoms with E-state index in [2.05, 4.69) is 35.1 Å². The van der Waals surface area contributed by atoms with Crippen molar-refractivity contribution in [3.63, 3.8) is 0 Å². The van der Waals surface area contributed by atoms with Crippen molar-refractivity contribution in [1.29, 1.82) is 0 Å². The van der Waals surface area contributed by atoms with E-state index in [0.717, 1.165) is 23.2 Å². The first-order chi connectivity index (χ1) is 7.63. The molecule has 0 bridgehead atoms. The Hall–Kier alpha value is -0.250. The highest BCUT2D eigenvalue weighted by atomic mass is 79.9. The lowest BCUT2D eigenvalue weighted by molar-refractivity contribution is 0.306. The maximum absolute atomic E-state index is 6.02. The van der Waals surface area contributed by atoms with Crippen molar-refractivity contribution in [2.75, 3.05) is 13.2 Å². The zero-order chi connectivity index (χ0) is 12.0. The summed E-state index contributed by atoms with van der Waals surface area (Å²) in [5.74, 6) is 0.732. The molecular weight excluding hydrogens is 289 g/mol. The zero-order valence-electron chi connectivity index (χ0n) is 9.59. The molecule has 0 fully saturated rings. The van der Waals surface area contributed by atoms with Crippen LogP contribution in [0.2, 0.25) is 5.02 Å². The van der Waals surface area contributed by atoms with Gasteiger partial charge in [0.25, 0.3) is 0 Å². The first-order valence-electron chi connectivity index (χ1n) is 5.44. The predicted molar refractivity (Wildman–Crippen MR) is 72.4 cm³/mol.